The molecular weight excluding hydrogens is 394 g/mol. The fourth-order valence-electron chi connectivity index (χ4n) is 3.88. The van der Waals surface area contributed by atoms with E-state index in [-0.39, 0.29) is 0 Å². The Hall–Kier alpha value is -3.39. The second-order valence-corrected chi connectivity index (χ2v) is 9.05. The van der Waals surface area contributed by atoms with Gasteiger partial charge in [-0.05, 0) is 82.9 Å². The molecular formula is C27H33N5. The highest BCUT2D eigenvalue weighted by molar-refractivity contribution is 6.08. The van der Waals surface area contributed by atoms with Crippen molar-refractivity contribution in [3.8, 4) is 6.07 Å². The Kier molecular flexibility index (Phi) is 7.15. The molecule has 32 heavy (non-hydrogen) atoms. The van der Waals surface area contributed by atoms with Gasteiger partial charge in [0.05, 0.1) is 22.9 Å². The number of aryl methyl sites for hydroxylation is 1. The van der Waals surface area contributed by atoms with Crippen molar-refractivity contribution >= 4 is 17.1 Å². The minimum absolute atomic E-state index is 0.516. The van der Waals surface area contributed by atoms with E-state index in [4.69, 9.17) is 5.41 Å². The molecule has 0 amide bonds. The number of anilines is 1. The average Bonchev–Trinajstić information content (AvgIpc) is 2.80. The Labute approximate surface area is 192 Å². The maximum absolute atomic E-state index is 9.41. The largest absolute Gasteiger partial charge is 0.375 e. The van der Waals surface area contributed by atoms with Gasteiger partial charge in [-0.3, -0.25) is 4.98 Å². The van der Waals surface area contributed by atoms with Crippen molar-refractivity contribution in [1.82, 2.24) is 9.88 Å². The molecule has 5 heteroatoms. The molecule has 3 rings (SSSR count). The van der Waals surface area contributed by atoms with Gasteiger partial charge in [0.15, 0.2) is 0 Å². The molecule has 1 aliphatic heterocycles. The molecule has 0 radical (unpaired) electrons. The third-order valence-electron chi connectivity index (χ3n) is 6.06. The molecule has 0 atom stereocenters. The first-order valence-corrected chi connectivity index (χ1v) is 11.2. The Bertz CT molecular complexity index is 1080. The quantitative estimate of drug-likeness (QED) is 0.529. The molecule has 2 heterocycles. The van der Waals surface area contributed by atoms with E-state index in [2.05, 4.69) is 34.8 Å². The van der Waals surface area contributed by atoms with Crippen LogP contribution in [-0.2, 0) is 5.41 Å². The lowest BCUT2D eigenvalue weighted by molar-refractivity contribution is 0.286. The van der Waals surface area contributed by atoms with Gasteiger partial charge in [0, 0.05) is 47.5 Å². The molecule has 2 aromatic rings. The van der Waals surface area contributed by atoms with Crippen molar-refractivity contribution in [1.29, 1.82) is 10.7 Å². The van der Waals surface area contributed by atoms with E-state index in [1.165, 1.54) is 19.3 Å². The molecule has 5 nitrogen and oxygen atoms in total. The predicted octanol–water partition coefficient (Wildman–Crippen LogP) is 6.03. The lowest BCUT2D eigenvalue weighted by Gasteiger charge is -2.29. The van der Waals surface area contributed by atoms with E-state index in [1.54, 1.807) is 6.20 Å². The second-order valence-electron chi connectivity index (χ2n) is 9.05. The maximum Gasteiger partial charge on any atom is 0.0937 e. The monoisotopic (exact) mass is 427 g/mol. The summed E-state index contributed by atoms with van der Waals surface area (Å²) in [6.07, 6.45) is 7.43. The third kappa shape index (κ3) is 5.45. The summed E-state index contributed by atoms with van der Waals surface area (Å²) in [6, 6.07) is 12.1. The zero-order valence-corrected chi connectivity index (χ0v) is 19.6. The highest BCUT2D eigenvalue weighted by Gasteiger charge is 2.22. The van der Waals surface area contributed by atoms with Crippen molar-refractivity contribution in [3.05, 3.63) is 77.3 Å². The first kappa shape index (κ1) is 23.3. The summed E-state index contributed by atoms with van der Waals surface area (Å²) in [5, 5.41) is 21.5. The standard InChI is InChI=1S/C27H33N5/c1-19-9-10-23(17-24(19)25(29)15-20(2)32-13-7-6-8-14-32)31-21(3)22-11-12-30-26(16-22)27(4,5)18-28/h9-12,15-17,29,31H,3,6-8,13-14H2,1-2,4-5H3/b20-15+,29-25?. The van der Waals surface area contributed by atoms with Crippen molar-refractivity contribution < 1.29 is 0 Å². The average molecular weight is 428 g/mol. The van der Waals surface area contributed by atoms with Gasteiger partial charge in [0.1, 0.15) is 0 Å². The van der Waals surface area contributed by atoms with Gasteiger partial charge in [-0.15, -0.1) is 0 Å². The molecule has 2 N–H and O–H groups in total. The molecule has 0 unspecified atom stereocenters. The summed E-state index contributed by atoms with van der Waals surface area (Å²) in [4.78, 5) is 6.73. The highest BCUT2D eigenvalue weighted by atomic mass is 15.1. The smallest absolute Gasteiger partial charge is 0.0937 e. The Balaban J connectivity index is 1.79. The Morgan fingerprint density at radius 2 is 1.94 bits per heavy atom. The number of pyridine rings is 1. The van der Waals surface area contributed by atoms with Crippen LogP contribution in [0.25, 0.3) is 5.70 Å². The fraction of sp³-hybridized carbons (Fsp3) is 0.370. The van der Waals surface area contributed by atoms with Crippen LogP contribution in [0.4, 0.5) is 5.69 Å². The van der Waals surface area contributed by atoms with Gasteiger partial charge >= 0.3 is 0 Å². The van der Waals surface area contributed by atoms with Gasteiger partial charge in [-0.2, -0.15) is 5.26 Å². The molecule has 0 aliphatic carbocycles. The number of aromatic nitrogens is 1. The molecule has 0 spiro atoms. The number of hydrogen-bond donors (Lipinski definition) is 2. The minimum Gasteiger partial charge on any atom is -0.375 e. The first-order chi connectivity index (χ1) is 15.2. The molecule has 1 saturated heterocycles. The van der Waals surface area contributed by atoms with Gasteiger partial charge < -0.3 is 15.6 Å². The van der Waals surface area contributed by atoms with E-state index in [1.807, 2.05) is 57.2 Å². The van der Waals surface area contributed by atoms with Crippen LogP contribution < -0.4 is 5.32 Å². The van der Waals surface area contributed by atoms with Crippen LogP contribution in [0, 0.1) is 23.7 Å². The van der Waals surface area contributed by atoms with Crippen LogP contribution in [0.5, 0.6) is 0 Å². The second kappa shape index (κ2) is 9.82. The molecule has 1 aromatic carbocycles. The molecule has 1 fully saturated rings. The number of benzene rings is 1. The summed E-state index contributed by atoms with van der Waals surface area (Å²) in [5.74, 6) is 0. The van der Waals surface area contributed by atoms with Crippen molar-refractivity contribution in [2.24, 2.45) is 0 Å². The topological polar surface area (TPSA) is 75.8 Å². The number of likely N-dealkylation sites (tertiary alicyclic amines) is 1. The lowest BCUT2D eigenvalue weighted by atomic mass is 9.90. The van der Waals surface area contributed by atoms with Gasteiger partial charge in [-0.25, -0.2) is 0 Å². The number of nitriles is 1. The van der Waals surface area contributed by atoms with Crippen LogP contribution in [0.1, 0.15) is 62.4 Å². The zero-order valence-electron chi connectivity index (χ0n) is 19.6. The SMILES string of the molecule is C=C(Nc1ccc(C)c(C(=N)/C=C(\C)N2CCCCC2)c1)c1ccnc(C(C)(C)C#N)c1. The van der Waals surface area contributed by atoms with Crippen LogP contribution >= 0.6 is 0 Å². The molecule has 0 bridgehead atoms. The van der Waals surface area contributed by atoms with Crippen LogP contribution in [0.3, 0.4) is 0 Å². The van der Waals surface area contributed by atoms with Gasteiger partial charge in [0.2, 0.25) is 0 Å². The predicted molar refractivity (Wildman–Crippen MR) is 133 cm³/mol. The summed E-state index contributed by atoms with van der Waals surface area (Å²) in [5.41, 5.74) is 6.17. The van der Waals surface area contributed by atoms with Crippen LogP contribution in [0.2, 0.25) is 0 Å². The van der Waals surface area contributed by atoms with Crippen molar-refractivity contribution in [2.45, 2.75) is 52.4 Å². The van der Waals surface area contributed by atoms with Crippen molar-refractivity contribution in [3.63, 3.8) is 0 Å². The minimum atomic E-state index is -0.666. The Morgan fingerprint density at radius 3 is 2.62 bits per heavy atom. The van der Waals surface area contributed by atoms with E-state index in [0.29, 0.717) is 11.4 Å². The van der Waals surface area contributed by atoms with Crippen molar-refractivity contribution in [2.75, 3.05) is 18.4 Å². The normalized spacial score (nSPS) is 14.6. The third-order valence-corrected chi connectivity index (χ3v) is 6.06. The van der Waals surface area contributed by atoms with Crippen LogP contribution in [-0.4, -0.2) is 28.7 Å². The summed E-state index contributed by atoms with van der Waals surface area (Å²) in [6.45, 7) is 14.2. The number of allylic oxidation sites excluding steroid dienone is 2. The number of piperidine rings is 1. The lowest BCUT2D eigenvalue weighted by Crippen LogP contribution is -2.28. The van der Waals surface area contributed by atoms with Crippen LogP contribution in [0.15, 0.2) is 54.9 Å². The molecule has 1 aliphatic rings. The number of nitrogens with one attached hydrogen (secondary N) is 2. The number of hydrogen-bond acceptors (Lipinski definition) is 5. The fourth-order valence-corrected chi connectivity index (χ4v) is 3.88. The molecule has 1 aromatic heterocycles. The first-order valence-electron chi connectivity index (χ1n) is 11.2. The number of rotatable bonds is 7. The van der Waals surface area contributed by atoms with E-state index < -0.39 is 5.41 Å². The molecule has 0 saturated carbocycles. The van der Waals surface area contributed by atoms with E-state index in [9.17, 15) is 5.26 Å². The maximum atomic E-state index is 9.41. The molecule has 166 valence electrons. The van der Waals surface area contributed by atoms with E-state index in [0.717, 1.165) is 46.9 Å². The van der Waals surface area contributed by atoms with E-state index >= 15 is 0 Å². The Morgan fingerprint density at radius 1 is 1.22 bits per heavy atom. The summed E-state index contributed by atoms with van der Waals surface area (Å²) < 4.78 is 0. The van der Waals surface area contributed by atoms with Gasteiger partial charge in [0.25, 0.3) is 0 Å². The summed E-state index contributed by atoms with van der Waals surface area (Å²) in [7, 11) is 0. The number of nitrogens with zero attached hydrogens (tertiary/aromatic N) is 3. The highest BCUT2D eigenvalue weighted by Crippen LogP contribution is 2.25. The summed E-state index contributed by atoms with van der Waals surface area (Å²) >= 11 is 0. The zero-order chi connectivity index (χ0) is 23.3. The van der Waals surface area contributed by atoms with Gasteiger partial charge in [-0.1, -0.05) is 12.6 Å².